The van der Waals surface area contributed by atoms with Gasteiger partial charge >= 0.3 is 0 Å². The van der Waals surface area contributed by atoms with Crippen LogP contribution in [0.2, 0.25) is 0 Å². The lowest BCUT2D eigenvalue weighted by molar-refractivity contribution is -0.282. The van der Waals surface area contributed by atoms with E-state index < -0.39 is 0 Å². The third-order valence-corrected chi connectivity index (χ3v) is 5.67. The third-order valence-electron chi connectivity index (χ3n) is 5.67. The van der Waals surface area contributed by atoms with Crippen molar-refractivity contribution in [1.82, 2.24) is 4.98 Å². The number of aromatic amines is 1. The molecule has 4 rings (SSSR count). The first-order chi connectivity index (χ1) is 12.8. The Kier molecular flexibility index (Phi) is 5.09. The van der Waals surface area contributed by atoms with Gasteiger partial charge in [-0.25, -0.2) is 9.78 Å². The number of aryl methyl sites for hydroxylation is 1. The van der Waals surface area contributed by atoms with Gasteiger partial charge in [0.2, 0.25) is 0 Å². The molecule has 0 atom stereocenters. The highest BCUT2D eigenvalue weighted by molar-refractivity contribution is 5.92. The van der Waals surface area contributed by atoms with Crippen molar-refractivity contribution in [3.05, 3.63) is 59.2 Å². The third kappa shape index (κ3) is 3.29. The topological polar surface area (TPSA) is 34.2 Å². The maximum atomic E-state index is 5.11. The van der Waals surface area contributed by atoms with Crippen molar-refractivity contribution >= 4 is 10.9 Å². The molecule has 136 valence electrons. The summed E-state index contributed by atoms with van der Waals surface area (Å²) in [7, 11) is 1.55. The molecule has 1 saturated carbocycles. The van der Waals surface area contributed by atoms with Crippen LogP contribution < -0.4 is 0 Å². The molecule has 26 heavy (non-hydrogen) atoms. The fourth-order valence-corrected chi connectivity index (χ4v) is 4.36. The van der Waals surface area contributed by atoms with Gasteiger partial charge in [-0.3, -0.25) is 0 Å². The number of hydrogen-bond donors (Lipinski definition) is 1. The molecule has 1 fully saturated rings. The summed E-state index contributed by atoms with van der Waals surface area (Å²) >= 11 is 0. The van der Waals surface area contributed by atoms with Crippen LogP contribution in [0.1, 0.15) is 54.7 Å². The minimum Gasteiger partial charge on any atom is -0.354 e. The van der Waals surface area contributed by atoms with Gasteiger partial charge in [0, 0.05) is 16.5 Å². The van der Waals surface area contributed by atoms with E-state index in [0.717, 1.165) is 5.56 Å². The van der Waals surface area contributed by atoms with Gasteiger partial charge in [-0.15, -0.1) is 0 Å². The van der Waals surface area contributed by atoms with Crippen molar-refractivity contribution in [2.24, 2.45) is 0 Å². The summed E-state index contributed by atoms with van der Waals surface area (Å²) in [6.45, 7) is 2.66. The summed E-state index contributed by atoms with van der Waals surface area (Å²) in [6.07, 6.45) is 6.63. The van der Waals surface area contributed by atoms with Crippen molar-refractivity contribution in [3.8, 4) is 11.3 Å². The molecule has 0 unspecified atom stereocenters. The van der Waals surface area contributed by atoms with Crippen LogP contribution in [0.15, 0.2) is 42.5 Å². The zero-order valence-corrected chi connectivity index (χ0v) is 15.7. The highest BCUT2D eigenvalue weighted by Gasteiger charge is 2.24. The Morgan fingerprint density at radius 2 is 1.85 bits per heavy atom. The van der Waals surface area contributed by atoms with Crippen LogP contribution in [0.5, 0.6) is 0 Å². The Bertz CT molecular complexity index is 890. The average molecular weight is 349 g/mol. The predicted molar refractivity (Wildman–Crippen MR) is 106 cm³/mol. The van der Waals surface area contributed by atoms with Crippen molar-refractivity contribution in [3.63, 3.8) is 0 Å². The SMILES string of the molecule is COOCc1ccc2c(C3CCCCC3)c(-c3ccccc3C)[nH]c2c1. The summed E-state index contributed by atoms with van der Waals surface area (Å²) in [5, 5.41) is 1.36. The molecular formula is C23H27NO2. The Hall–Kier alpha value is -2.10. The second-order valence-corrected chi connectivity index (χ2v) is 7.37. The molecule has 0 amide bonds. The first kappa shape index (κ1) is 17.3. The number of hydrogen-bond acceptors (Lipinski definition) is 2. The van der Waals surface area contributed by atoms with Crippen molar-refractivity contribution < 1.29 is 9.78 Å². The molecule has 3 heteroatoms. The number of H-pyrrole nitrogens is 1. The Balaban J connectivity index is 1.86. The van der Waals surface area contributed by atoms with E-state index in [0.29, 0.717) is 12.5 Å². The van der Waals surface area contributed by atoms with Crippen molar-refractivity contribution in [2.75, 3.05) is 7.11 Å². The van der Waals surface area contributed by atoms with E-state index >= 15 is 0 Å². The molecule has 3 aromatic rings. The lowest BCUT2D eigenvalue weighted by Gasteiger charge is -2.23. The molecular weight excluding hydrogens is 322 g/mol. The molecule has 1 heterocycles. The summed E-state index contributed by atoms with van der Waals surface area (Å²) in [4.78, 5) is 13.6. The molecule has 3 nitrogen and oxygen atoms in total. The molecule has 1 aromatic heterocycles. The Labute approximate surface area is 155 Å². The zero-order chi connectivity index (χ0) is 17.9. The number of rotatable bonds is 5. The Morgan fingerprint density at radius 1 is 1.04 bits per heavy atom. The first-order valence-electron chi connectivity index (χ1n) is 9.64. The fourth-order valence-electron chi connectivity index (χ4n) is 4.36. The van der Waals surface area contributed by atoms with Crippen LogP contribution in [-0.2, 0) is 16.4 Å². The van der Waals surface area contributed by atoms with Crippen LogP contribution in [0.25, 0.3) is 22.2 Å². The molecule has 1 aliphatic rings. The van der Waals surface area contributed by atoms with Gasteiger partial charge in [-0.1, -0.05) is 55.7 Å². The second kappa shape index (κ2) is 7.65. The minimum atomic E-state index is 0.462. The fraction of sp³-hybridized carbons (Fsp3) is 0.391. The smallest absolute Gasteiger partial charge is 0.107 e. The van der Waals surface area contributed by atoms with Gasteiger partial charge in [-0.2, -0.15) is 0 Å². The highest BCUT2D eigenvalue weighted by Crippen LogP contribution is 2.43. The number of benzene rings is 2. The number of nitrogens with one attached hydrogen (secondary N) is 1. The van der Waals surface area contributed by atoms with Gasteiger partial charge in [0.15, 0.2) is 0 Å². The summed E-state index contributed by atoms with van der Waals surface area (Å²) in [5.74, 6) is 0.646. The standard InChI is InChI=1S/C23H27NO2/c1-16-8-6-7-11-19(16)23-22(18-9-4-3-5-10-18)20-13-12-17(15-26-25-2)14-21(20)24-23/h6-8,11-14,18,24H,3-5,9-10,15H2,1-2H3. The van der Waals surface area contributed by atoms with Crippen molar-refractivity contribution in [1.29, 1.82) is 0 Å². The lowest BCUT2D eigenvalue weighted by atomic mass is 9.81. The highest BCUT2D eigenvalue weighted by atomic mass is 17.2. The number of fused-ring (bicyclic) bond motifs is 1. The van der Waals surface area contributed by atoms with E-state index in [1.54, 1.807) is 7.11 Å². The zero-order valence-electron chi connectivity index (χ0n) is 15.7. The van der Waals surface area contributed by atoms with Crippen LogP contribution in [0.3, 0.4) is 0 Å². The summed E-state index contributed by atoms with van der Waals surface area (Å²) < 4.78 is 0. The molecule has 0 saturated heterocycles. The van der Waals surface area contributed by atoms with Crippen molar-refractivity contribution in [2.45, 2.75) is 51.6 Å². The van der Waals surface area contributed by atoms with Gasteiger partial charge in [0.1, 0.15) is 6.61 Å². The molecule has 1 N–H and O–H groups in total. The van der Waals surface area contributed by atoms with E-state index in [9.17, 15) is 0 Å². The normalized spacial score (nSPS) is 15.6. The first-order valence-corrected chi connectivity index (χ1v) is 9.64. The summed E-state index contributed by atoms with van der Waals surface area (Å²) in [6, 6.07) is 15.3. The average Bonchev–Trinajstić information content (AvgIpc) is 3.05. The molecule has 0 spiro atoms. The predicted octanol–water partition coefficient (Wildman–Crippen LogP) is 6.27. The van der Waals surface area contributed by atoms with Crippen LogP contribution >= 0.6 is 0 Å². The van der Waals surface area contributed by atoms with Gasteiger partial charge in [-0.05, 0) is 48.4 Å². The van der Waals surface area contributed by atoms with Gasteiger partial charge < -0.3 is 4.98 Å². The van der Waals surface area contributed by atoms with Crippen LogP contribution in [0.4, 0.5) is 0 Å². The second-order valence-electron chi connectivity index (χ2n) is 7.37. The molecule has 0 radical (unpaired) electrons. The van der Waals surface area contributed by atoms with Crippen LogP contribution in [0, 0.1) is 6.92 Å². The summed E-state index contributed by atoms with van der Waals surface area (Å²) in [5.41, 5.74) is 7.76. The van der Waals surface area contributed by atoms with Crippen LogP contribution in [-0.4, -0.2) is 12.1 Å². The largest absolute Gasteiger partial charge is 0.354 e. The molecule has 0 aliphatic heterocycles. The van der Waals surface area contributed by atoms with Gasteiger partial charge in [0.25, 0.3) is 0 Å². The molecule has 1 aliphatic carbocycles. The maximum Gasteiger partial charge on any atom is 0.107 e. The molecule has 0 bridgehead atoms. The van der Waals surface area contributed by atoms with E-state index in [2.05, 4.69) is 54.4 Å². The van der Waals surface area contributed by atoms with E-state index in [-0.39, 0.29) is 0 Å². The maximum absolute atomic E-state index is 5.11. The van der Waals surface area contributed by atoms with E-state index in [1.807, 2.05) is 0 Å². The lowest BCUT2D eigenvalue weighted by Crippen LogP contribution is -2.05. The molecule has 2 aromatic carbocycles. The number of aromatic nitrogens is 1. The monoisotopic (exact) mass is 349 g/mol. The Morgan fingerprint density at radius 3 is 2.62 bits per heavy atom. The minimum absolute atomic E-state index is 0.462. The van der Waals surface area contributed by atoms with E-state index in [1.165, 1.54) is 65.4 Å². The van der Waals surface area contributed by atoms with E-state index in [4.69, 9.17) is 9.78 Å². The van der Waals surface area contributed by atoms with Gasteiger partial charge in [0.05, 0.1) is 12.8 Å². The quantitative estimate of drug-likeness (QED) is 0.435.